The molecule has 5 heteroatoms. The molecule has 0 aliphatic rings. The number of fused-ring (bicyclic) bond motifs is 1. The third-order valence-corrected chi connectivity index (χ3v) is 3.62. The number of aromatic nitrogens is 2. The highest BCUT2D eigenvalue weighted by molar-refractivity contribution is 7.71. The number of nitrogens with zero attached hydrogens (tertiary/aromatic N) is 2. The van der Waals surface area contributed by atoms with E-state index >= 15 is 0 Å². The summed E-state index contributed by atoms with van der Waals surface area (Å²) in [5, 5.41) is 0.734. The monoisotopic (exact) mass is 269 g/mol. The van der Waals surface area contributed by atoms with Crippen molar-refractivity contribution in [3.05, 3.63) is 28.0 Å². The van der Waals surface area contributed by atoms with Crippen molar-refractivity contribution in [2.75, 3.05) is 14.1 Å². The fourth-order valence-corrected chi connectivity index (χ4v) is 2.18. The Labute approximate surface area is 111 Å². The van der Waals surface area contributed by atoms with Gasteiger partial charge in [0.25, 0.3) is 0 Å². The molecule has 1 aromatic heterocycles. The normalized spacial score (nSPS) is 13.5. The fourth-order valence-electron chi connectivity index (χ4n) is 1.73. The first-order chi connectivity index (χ1) is 7.99. The minimum absolute atomic E-state index is 0.416. The minimum Gasteiger partial charge on any atom is -0.331 e. The van der Waals surface area contributed by atoms with Crippen molar-refractivity contribution in [2.24, 2.45) is 0 Å². The number of hydrogen-bond acceptors (Lipinski definition) is 2. The van der Waals surface area contributed by atoms with E-state index in [1.807, 2.05) is 18.2 Å². The smallest absolute Gasteiger partial charge is 0.178 e. The van der Waals surface area contributed by atoms with Crippen molar-refractivity contribution in [3.63, 3.8) is 0 Å². The van der Waals surface area contributed by atoms with E-state index in [9.17, 15) is 0 Å². The zero-order chi connectivity index (χ0) is 12.6. The van der Waals surface area contributed by atoms with Gasteiger partial charge in [0.1, 0.15) is 0 Å². The van der Waals surface area contributed by atoms with Crippen LogP contribution in [0.1, 0.15) is 6.92 Å². The van der Waals surface area contributed by atoms with E-state index in [1.165, 1.54) is 0 Å². The highest BCUT2D eigenvalue weighted by Gasteiger charge is 2.10. The molecule has 0 fully saturated rings. The molecule has 1 aromatic carbocycles. The van der Waals surface area contributed by atoms with Crippen LogP contribution in [-0.4, -0.2) is 34.6 Å². The number of aromatic amines is 1. The van der Waals surface area contributed by atoms with Gasteiger partial charge in [0, 0.05) is 17.6 Å². The number of rotatable bonds is 3. The Balaban J connectivity index is 2.49. The molecule has 1 atom stereocenters. The lowest BCUT2D eigenvalue weighted by Gasteiger charge is -2.20. The Kier molecular flexibility index (Phi) is 3.56. The van der Waals surface area contributed by atoms with Crippen LogP contribution in [0.5, 0.6) is 0 Å². The maximum absolute atomic E-state index is 6.03. The molecule has 0 radical (unpaired) electrons. The summed E-state index contributed by atoms with van der Waals surface area (Å²) in [4.78, 5) is 5.37. The molecule has 0 spiro atoms. The molecular weight excluding hydrogens is 254 g/mol. The number of benzene rings is 1. The molecule has 3 nitrogen and oxygen atoms in total. The standard InChI is InChI=1S/C12H16ClN3S/c1-8(15(2)3)7-16-11-6-9(13)4-5-10(11)14-12(16)17/h4-6,8H,7H2,1-3H3,(H,14,17). The molecule has 0 aliphatic carbocycles. The van der Waals surface area contributed by atoms with Crippen molar-refractivity contribution in [2.45, 2.75) is 19.5 Å². The summed E-state index contributed by atoms with van der Waals surface area (Å²) in [5.41, 5.74) is 2.10. The molecule has 2 rings (SSSR count). The first-order valence-corrected chi connectivity index (χ1v) is 6.32. The van der Waals surface area contributed by atoms with Crippen molar-refractivity contribution >= 4 is 34.9 Å². The second-order valence-electron chi connectivity index (χ2n) is 4.51. The lowest BCUT2D eigenvalue weighted by Crippen LogP contribution is -2.29. The second-order valence-corrected chi connectivity index (χ2v) is 5.34. The van der Waals surface area contributed by atoms with Gasteiger partial charge in [0.2, 0.25) is 0 Å². The molecule has 17 heavy (non-hydrogen) atoms. The van der Waals surface area contributed by atoms with Gasteiger partial charge in [-0.1, -0.05) is 11.6 Å². The largest absolute Gasteiger partial charge is 0.331 e. The molecular formula is C12H16ClN3S. The second kappa shape index (κ2) is 4.80. The summed E-state index contributed by atoms with van der Waals surface area (Å²) in [6, 6.07) is 6.20. The van der Waals surface area contributed by atoms with Gasteiger partial charge in [-0.25, -0.2) is 0 Å². The van der Waals surface area contributed by atoms with Crippen LogP contribution in [0.2, 0.25) is 5.02 Å². The average Bonchev–Trinajstić information content (AvgIpc) is 2.55. The Bertz CT molecular complexity index is 585. The molecule has 2 aromatic rings. The minimum atomic E-state index is 0.416. The Morgan fingerprint density at radius 1 is 1.47 bits per heavy atom. The maximum atomic E-state index is 6.03. The quantitative estimate of drug-likeness (QED) is 0.865. The van der Waals surface area contributed by atoms with Crippen LogP contribution >= 0.6 is 23.8 Å². The molecule has 1 N–H and O–H groups in total. The van der Waals surface area contributed by atoms with E-state index in [1.54, 1.807) is 0 Å². The number of likely N-dealkylation sites (N-methyl/N-ethyl adjacent to an activating group) is 1. The number of nitrogens with one attached hydrogen (secondary N) is 1. The lowest BCUT2D eigenvalue weighted by atomic mass is 10.3. The van der Waals surface area contributed by atoms with Crippen molar-refractivity contribution in [3.8, 4) is 0 Å². The molecule has 0 saturated carbocycles. The van der Waals surface area contributed by atoms with Crippen LogP contribution in [0.4, 0.5) is 0 Å². The van der Waals surface area contributed by atoms with Crippen molar-refractivity contribution in [1.82, 2.24) is 14.5 Å². The number of halogens is 1. The van der Waals surface area contributed by atoms with Crippen LogP contribution in [0.3, 0.4) is 0 Å². The molecule has 0 aliphatic heterocycles. The van der Waals surface area contributed by atoms with Crippen LogP contribution in [0, 0.1) is 4.77 Å². The van der Waals surface area contributed by atoms with E-state index in [-0.39, 0.29) is 0 Å². The highest BCUT2D eigenvalue weighted by atomic mass is 35.5. The summed E-state index contributed by atoms with van der Waals surface area (Å²) in [7, 11) is 4.13. The first kappa shape index (κ1) is 12.6. The Morgan fingerprint density at radius 2 is 2.18 bits per heavy atom. The van der Waals surface area contributed by atoms with E-state index in [2.05, 4.69) is 35.5 Å². The fraction of sp³-hybridized carbons (Fsp3) is 0.417. The summed E-state index contributed by atoms with van der Waals surface area (Å²) in [6.45, 7) is 3.03. The topological polar surface area (TPSA) is 24.0 Å². The molecule has 1 heterocycles. The maximum Gasteiger partial charge on any atom is 0.178 e. The van der Waals surface area contributed by atoms with Crippen molar-refractivity contribution in [1.29, 1.82) is 0 Å². The van der Waals surface area contributed by atoms with Gasteiger partial charge in [-0.15, -0.1) is 0 Å². The van der Waals surface area contributed by atoms with Crippen molar-refractivity contribution < 1.29 is 0 Å². The molecule has 0 bridgehead atoms. The predicted octanol–water partition coefficient (Wildman–Crippen LogP) is 3.30. The lowest BCUT2D eigenvalue weighted by molar-refractivity contribution is 0.285. The predicted molar refractivity (Wildman–Crippen MR) is 75.3 cm³/mol. The van der Waals surface area contributed by atoms with Gasteiger partial charge in [-0.3, -0.25) is 0 Å². The van der Waals surface area contributed by atoms with Gasteiger partial charge in [-0.2, -0.15) is 0 Å². The molecule has 0 saturated heterocycles. The average molecular weight is 270 g/mol. The summed E-state index contributed by atoms with van der Waals surface area (Å²) < 4.78 is 2.84. The number of hydrogen-bond donors (Lipinski definition) is 1. The van der Waals surface area contributed by atoms with Gasteiger partial charge in [0.05, 0.1) is 11.0 Å². The summed E-state index contributed by atoms with van der Waals surface area (Å²) in [6.07, 6.45) is 0. The van der Waals surface area contributed by atoms with Crippen LogP contribution in [0.25, 0.3) is 11.0 Å². The zero-order valence-electron chi connectivity index (χ0n) is 10.2. The molecule has 1 unspecified atom stereocenters. The zero-order valence-corrected chi connectivity index (χ0v) is 11.8. The van der Waals surface area contributed by atoms with Gasteiger partial charge < -0.3 is 14.5 Å². The van der Waals surface area contributed by atoms with Crippen LogP contribution < -0.4 is 0 Å². The van der Waals surface area contributed by atoms with Gasteiger partial charge in [0.15, 0.2) is 4.77 Å². The van der Waals surface area contributed by atoms with E-state index in [4.69, 9.17) is 23.8 Å². The van der Waals surface area contributed by atoms with Gasteiger partial charge >= 0.3 is 0 Å². The SMILES string of the molecule is CC(Cn1c(=S)[nH]c2ccc(Cl)cc21)N(C)C. The van der Waals surface area contributed by atoms with Crippen LogP contribution in [0.15, 0.2) is 18.2 Å². The number of H-pyrrole nitrogens is 1. The Hall–Kier alpha value is -0.840. The van der Waals surface area contributed by atoms with E-state index in [0.717, 1.165) is 27.4 Å². The summed E-state index contributed by atoms with van der Waals surface area (Å²) >= 11 is 11.4. The van der Waals surface area contributed by atoms with Crippen LogP contribution in [-0.2, 0) is 6.54 Å². The third-order valence-electron chi connectivity index (χ3n) is 3.07. The Morgan fingerprint density at radius 3 is 2.82 bits per heavy atom. The summed E-state index contributed by atoms with van der Waals surface area (Å²) in [5.74, 6) is 0. The first-order valence-electron chi connectivity index (χ1n) is 5.53. The van der Waals surface area contributed by atoms with E-state index < -0.39 is 0 Å². The van der Waals surface area contributed by atoms with E-state index in [0.29, 0.717) is 6.04 Å². The van der Waals surface area contributed by atoms with Gasteiger partial charge in [-0.05, 0) is 51.4 Å². The molecule has 0 amide bonds. The third kappa shape index (κ3) is 2.54. The molecule has 92 valence electrons. The highest BCUT2D eigenvalue weighted by Crippen LogP contribution is 2.19. The number of imidazole rings is 1.